The maximum atomic E-state index is 12.0. The number of amides is 1. The molecule has 0 saturated heterocycles. The van der Waals surface area contributed by atoms with Crippen molar-refractivity contribution in [3.63, 3.8) is 0 Å². The van der Waals surface area contributed by atoms with E-state index in [4.69, 9.17) is 0 Å². The predicted octanol–water partition coefficient (Wildman–Crippen LogP) is 2.38. The molecule has 1 heterocycles. The molecular weight excluding hydrogens is 300 g/mol. The van der Waals surface area contributed by atoms with Gasteiger partial charge in [0.1, 0.15) is 0 Å². The molecule has 1 aliphatic rings. The third-order valence-corrected chi connectivity index (χ3v) is 5.35. The molecule has 22 heavy (non-hydrogen) atoms. The number of hydrogen-bond donors (Lipinski definition) is 1. The van der Waals surface area contributed by atoms with Crippen LogP contribution in [0.15, 0.2) is 18.2 Å². The Morgan fingerprint density at radius 3 is 2.68 bits per heavy atom. The van der Waals surface area contributed by atoms with Crippen LogP contribution in [0, 0.1) is 5.92 Å². The monoisotopic (exact) mass is 324 g/mol. The minimum absolute atomic E-state index is 0.0767. The Morgan fingerprint density at radius 2 is 2.05 bits per heavy atom. The molecule has 0 fully saturated rings. The Hall–Kier alpha value is -1.56. The Labute approximate surface area is 132 Å². The van der Waals surface area contributed by atoms with Crippen molar-refractivity contribution in [3.05, 3.63) is 29.3 Å². The van der Waals surface area contributed by atoms with Gasteiger partial charge in [0.05, 0.1) is 5.75 Å². The van der Waals surface area contributed by atoms with Gasteiger partial charge in [-0.1, -0.05) is 26.8 Å². The number of fused-ring (bicyclic) bond motifs is 1. The number of sulfonamides is 1. The second-order valence-corrected chi connectivity index (χ2v) is 7.95. The number of carbonyl (C=O) groups is 1. The summed E-state index contributed by atoms with van der Waals surface area (Å²) in [6, 6.07) is 5.60. The summed E-state index contributed by atoms with van der Waals surface area (Å²) in [5.74, 6) is 0.314. The molecule has 2 rings (SSSR count). The highest BCUT2D eigenvalue weighted by Gasteiger charge is 2.20. The Balaban J connectivity index is 2.16. The standard InChI is InChI=1S/C16H24N2O3S/c1-4-16(19)18-8-7-13-5-6-15(9-14(13)10-18)17-22(20,21)11-12(2)3/h5-6,9,12,17H,4,7-8,10-11H2,1-3H3. The first-order chi connectivity index (χ1) is 10.3. The highest BCUT2D eigenvalue weighted by molar-refractivity contribution is 7.92. The molecule has 0 bridgehead atoms. The van der Waals surface area contributed by atoms with Crippen molar-refractivity contribution in [2.75, 3.05) is 17.0 Å². The molecule has 0 atom stereocenters. The van der Waals surface area contributed by atoms with Crippen molar-refractivity contribution >= 4 is 21.6 Å². The summed E-state index contributed by atoms with van der Waals surface area (Å²) in [5.41, 5.74) is 2.79. The largest absolute Gasteiger partial charge is 0.338 e. The molecule has 1 aromatic rings. The van der Waals surface area contributed by atoms with Gasteiger partial charge < -0.3 is 4.90 Å². The minimum Gasteiger partial charge on any atom is -0.338 e. The molecular formula is C16H24N2O3S. The molecule has 0 unspecified atom stereocenters. The van der Waals surface area contributed by atoms with E-state index in [1.54, 1.807) is 6.07 Å². The van der Waals surface area contributed by atoms with Crippen LogP contribution in [0.2, 0.25) is 0 Å². The normalized spacial score (nSPS) is 14.8. The second-order valence-electron chi connectivity index (χ2n) is 6.18. The van der Waals surface area contributed by atoms with E-state index in [0.717, 1.165) is 18.5 Å². The van der Waals surface area contributed by atoms with E-state index < -0.39 is 10.0 Å². The number of benzene rings is 1. The molecule has 1 N–H and O–H groups in total. The summed E-state index contributed by atoms with van der Waals surface area (Å²) in [4.78, 5) is 13.7. The number of hydrogen-bond acceptors (Lipinski definition) is 3. The number of carbonyl (C=O) groups excluding carboxylic acids is 1. The first kappa shape index (κ1) is 16.8. The van der Waals surface area contributed by atoms with Crippen molar-refractivity contribution < 1.29 is 13.2 Å². The zero-order valence-corrected chi connectivity index (χ0v) is 14.2. The van der Waals surface area contributed by atoms with Crippen LogP contribution in [-0.2, 0) is 27.8 Å². The quantitative estimate of drug-likeness (QED) is 0.904. The second kappa shape index (κ2) is 6.69. The van der Waals surface area contributed by atoms with Crippen LogP contribution in [0.4, 0.5) is 5.69 Å². The number of nitrogens with zero attached hydrogens (tertiary/aromatic N) is 1. The summed E-state index contributed by atoms with van der Waals surface area (Å²) in [7, 11) is -3.33. The van der Waals surface area contributed by atoms with Gasteiger partial charge in [0, 0.05) is 25.2 Å². The van der Waals surface area contributed by atoms with Gasteiger partial charge in [-0.05, 0) is 35.6 Å². The highest BCUT2D eigenvalue weighted by atomic mass is 32.2. The van der Waals surface area contributed by atoms with Gasteiger partial charge in [-0.3, -0.25) is 9.52 Å². The molecule has 0 spiro atoms. The predicted molar refractivity (Wildman–Crippen MR) is 88.1 cm³/mol. The molecule has 122 valence electrons. The molecule has 1 amide bonds. The summed E-state index contributed by atoms with van der Waals surface area (Å²) in [6.45, 7) is 6.90. The molecule has 0 aliphatic carbocycles. The van der Waals surface area contributed by atoms with E-state index in [-0.39, 0.29) is 17.6 Å². The summed E-state index contributed by atoms with van der Waals surface area (Å²) < 4.78 is 26.7. The molecule has 5 nitrogen and oxygen atoms in total. The smallest absolute Gasteiger partial charge is 0.232 e. The summed E-state index contributed by atoms with van der Waals surface area (Å²) >= 11 is 0. The van der Waals surface area contributed by atoms with Gasteiger partial charge in [-0.25, -0.2) is 8.42 Å². The third-order valence-electron chi connectivity index (χ3n) is 3.70. The summed E-state index contributed by atoms with van der Waals surface area (Å²) in [6.07, 6.45) is 1.32. The van der Waals surface area contributed by atoms with Crippen molar-refractivity contribution in [1.82, 2.24) is 4.90 Å². The van der Waals surface area contributed by atoms with E-state index in [2.05, 4.69) is 4.72 Å². The van der Waals surface area contributed by atoms with Crippen molar-refractivity contribution in [2.45, 2.75) is 40.2 Å². The van der Waals surface area contributed by atoms with E-state index >= 15 is 0 Å². The lowest BCUT2D eigenvalue weighted by Gasteiger charge is -2.29. The lowest BCUT2D eigenvalue weighted by atomic mass is 9.99. The molecule has 1 aromatic carbocycles. The van der Waals surface area contributed by atoms with Crippen LogP contribution in [0.25, 0.3) is 0 Å². The zero-order valence-electron chi connectivity index (χ0n) is 13.4. The first-order valence-electron chi connectivity index (χ1n) is 7.71. The van der Waals surface area contributed by atoms with Gasteiger partial charge in [-0.15, -0.1) is 0 Å². The Kier molecular flexibility index (Phi) is 5.11. The van der Waals surface area contributed by atoms with Crippen LogP contribution in [-0.4, -0.2) is 31.5 Å². The minimum atomic E-state index is -3.33. The number of anilines is 1. The average Bonchev–Trinajstić information content (AvgIpc) is 2.43. The lowest BCUT2D eigenvalue weighted by molar-refractivity contribution is -0.131. The first-order valence-corrected chi connectivity index (χ1v) is 9.36. The maximum Gasteiger partial charge on any atom is 0.232 e. The lowest BCUT2D eigenvalue weighted by Crippen LogP contribution is -2.35. The molecule has 1 aliphatic heterocycles. The fourth-order valence-electron chi connectivity index (χ4n) is 2.72. The van der Waals surface area contributed by atoms with Crippen LogP contribution >= 0.6 is 0 Å². The van der Waals surface area contributed by atoms with Crippen LogP contribution in [0.5, 0.6) is 0 Å². The van der Waals surface area contributed by atoms with E-state index in [0.29, 0.717) is 18.7 Å². The van der Waals surface area contributed by atoms with Crippen LogP contribution < -0.4 is 4.72 Å². The fraction of sp³-hybridized carbons (Fsp3) is 0.562. The average molecular weight is 324 g/mol. The van der Waals surface area contributed by atoms with Crippen molar-refractivity contribution in [3.8, 4) is 0 Å². The SMILES string of the molecule is CCC(=O)N1CCc2ccc(NS(=O)(=O)CC(C)C)cc2C1. The van der Waals surface area contributed by atoms with Crippen LogP contribution in [0.1, 0.15) is 38.3 Å². The Bertz CT molecular complexity index is 653. The van der Waals surface area contributed by atoms with Gasteiger partial charge in [0.2, 0.25) is 15.9 Å². The summed E-state index contributed by atoms with van der Waals surface area (Å²) in [5, 5.41) is 0. The van der Waals surface area contributed by atoms with Gasteiger partial charge in [0.15, 0.2) is 0 Å². The fourth-order valence-corrected chi connectivity index (χ4v) is 4.16. The van der Waals surface area contributed by atoms with Crippen molar-refractivity contribution in [2.24, 2.45) is 5.92 Å². The molecule has 6 heteroatoms. The number of nitrogens with one attached hydrogen (secondary N) is 1. The third kappa shape index (κ3) is 4.22. The maximum absolute atomic E-state index is 12.0. The van der Waals surface area contributed by atoms with E-state index in [9.17, 15) is 13.2 Å². The Morgan fingerprint density at radius 1 is 1.32 bits per heavy atom. The highest BCUT2D eigenvalue weighted by Crippen LogP contribution is 2.24. The number of rotatable bonds is 5. The topological polar surface area (TPSA) is 66.5 Å². The van der Waals surface area contributed by atoms with Gasteiger partial charge in [-0.2, -0.15) is 0 Å². The molecule has 0 radical (unpaired) electrons. The van der Waals surface area contributed by atoms with E-state index in [1.165, 1.54) is 5.56 Å². The van der Waals surface area contributed by atoms with E-state index in [1.807, 2.05) is 37.8 Å². The van der Waals surface area contributed by atoms with Crippen molar-refractivity contribution in [1.29, 1.82) is 0 Å². The van der Waals surface area contributed by atoms with Crippen LogP contribution in [0.3, 0.4) is 0 Å². The zero-order chi connectivity index (χ0) is 16.3. The van der Waals surface area contributed by atoms with Gasteiger partial charge in [0.25, 0.3) is 0 Å². The molecule has 0 saturated carbocycles. The van der Waals surface area contributed by atoms with Gasteiger partial charge >= 0.3 is 0 Å². The molecule has 0 aromatic heterocycles.